The van der Waals surface area contributed by atoms with Crippen molar-refractivity contribution < 1.29 is 9.59 Å². The van der Waals surface area contributed by atoms with E-state index in [2.05, 4.69) is 5.32 Å². The summed E-state index contributed by atoms with van der Waals surface area (Å²) >= 11 is 0. The highest BCUT2D eigenvalue weighted by Gasteiger charge is 1.97. The SMILES string of the molecule is C/C=C/C(=O)CCCNC(=O)/C=C/C. The van der Waals surface area contributed by atoms with Crippen molar-refractivity contribution in [3.05, 3.63) is 24.3 Å². The van der Waals surface area contributed by atoms with E-state index >= 15 is 0 Å². The van der Waals surface area contributed by atoms with Gasteiger partial charge in [0.1, 0.15) is 0 Å². The number of allylic oxidation sites excluding steroid dienone is 3. The van der Waals surface area contributed by atoms with Crippen LogP contribution in [-0.4, -0.2) is 18.2 Å². The number of ketones is 1. The van der Waals surface area contributed by atoms with Crippen LogP contribution in [0.1, 0.15) is 26.7 Å². The van der Waals surface area contributed by atoms with Crippen LogP contribution in [0.4, 0.5) is 0 Å². The average Bonchev–Trinajstić information content (AvgIpc) is 2.13. The van der Waals surface area contributed by atoms with Crippen LogP contribution in [0.15, 0.2) is 24.3 Å². The molecule has 3 heteroatoms. The van der Waals surface area contributed by atoms with Gasteiger partial charge in [0.2, 0.25) is 5.91 Å². The van der Waals surface area contributed by atoms with Crippen molar-refractivity contribution in [2.75, 3.05) is 6.54 Å². The molecule has 0 fully saturated rings. The third kappa shape index (κ3) is 7.28. The molecule has 0 unspecified atom stereocenters. The van der Waals surface area contributed by atoms with Gasteiger partial charge in [0.05, 0.1) is 0 Å². The zero-order valence-electron chi connectivity index (χ0n) is 8.75. The number of carbonyl (C=O) groups excluding carboxylic acids is 2. The summed E-state index contributed by atoms with van der Waals surface area (Å²) in [5, 5.41) is 2.68. The van der Waals surface area contributed by atoms with E-state index in [-0.39, 0.29) is 11.7 Å². The van der Waals surface area contributed by atoms with Crippen LogP contribution in [-0.2, 0) is 9.59 Å². The molecule has 0 aromatic rings. The number of nitrogens with one attached hydrogen (secondary N) is 1. The molecule has 0 atom stereocenters. The van der Waals surface area contributed by atoms with Crippen LogP contribution in [0.2, 0.25) is 0 Å². The van der Waals surface area contributed by atoms with Gasteiger partial charge in [-0.3, -0.25) is 9.59 Å². The van der Waals surface area contributed by atoms with Crippen LogP contribution >= 0.6 is 0 Å². The van der Waals surface area contributed by atoms with Gasteiger partial charge < -0.3 is 5.32 Å². The molecule has 0 heterocycles. The Kier molecular flexibility index (Phi) is 7.42. The van der Waals surface area contributed by atoms with Crippen LogP contribution in [0.5, 0.6) is 0 Å². The summed E-state index contributed by atoms with van der Waals surface area (Å²) in [6.45, 7) is 4.15. The maximum absolute atomic E-state index is 11.0. The fraction of sp³-hybridized carbons (Fsp3) is 0.455. The molecule has 0 aliphatic heterocycles. The molecule has 0 aromatic carbocycles. The Hall–Kier alpha value is -1.38. The lowest BCUT2D eigenvalue weighted by molar-refractivity contribution is -0.117. The van der Waals surface area contributed by atoms with E-state index in [0.29, 0.717) is 19.4 Å². The summed E-state index contributed by atoms with van der Waals surface area (Å²) in [5.41, 5.74) is 0. The Morgan fingerprint density at radius 3 is 2.36 bits per heavy atom. The minimum atomic E-state index is -0.106. The molecular weight excluding hydrogens is 178 g/mol. The van der Waals surface area contributed by atoms with E-state index < -0.39 is 0 Å². The van der Waals surface area contributed by atoms with Gasteiger partial charge in [-0.15, -0.1) is 0 Å². The molecule has 0 aliphatic rings. The Balaban J connectivity index is 3.47. The van der Waals surface area contributed by atoms with Gasteiger partial charge in [0, 0.05) is 13.0 Å². The lowest BCUT2D eigenvalue weighted by atomic mass is 10.2. The summed E-state index contributed by atoms with van der Waals surface area (Å²) in [5.74, 6) is -0.00114. The van der Waals surface area contributed by atoms with Gasteiger partial charge >= 0.3 is 0 Å². The highest BCUT2D eigenvalue weighted by molar-refractivity contribution is 5.89. The van der Waals surface area contributed by atoms with E-state index in [1.54, 1.807) is 25.2 Å². The summed E-state index contributed by atoms with van der Waals surface area (Å²) in [6.07, 6.45) is 7.59. The van der Waals surface area contributed by atoms with Crippen LogP contribution in [0.25, 0.3) is 0 Å². The predicted octanol–water partition coefficient (Wildman–Crippen LogP) is 1.60. The van der Waals surface area contributed by atoms with Crippen molar-refractivity contribution >= 4 is 11.7 Å². The highest BCUT2D eigenvalue weighted by atomic mass is 16.1. The van der Waals surface area contributed by atoms with Crippen molar-refractivity contribution in [3.8, 4) is 0 Å². The molecule has 0 aliphatic carbocycles. The monoisotopic (exact) mass is 195 g/mol. The lowest BCUT2D eigenvalue weighted by Gasteiger charge is -1.99. The van der Waals surface area contributed by atoms with Gasteiger partial charge in [0.15, 0.2) is 5.78 Å². The summed E-state index contributed by atoms with van der Waals surface area (Å²) < 4.78 is 0. The minimum Gasteiger partial charge on any atom is -0.353 e. The van der Waals surface area contributed by atoms with Crippen LogP contribution in [0.3, 0.4) is 0 Å². The average molecular weight is 195 g/mol. The Labute approximate surface area is 84.9 Å². The van der Waals surface area contributed by atoms with Crippen LogP contribution < -0.4 is 5.32 Å². The van der Waals surface area contributed by atoms with Crippen molar-refractivity contribution in [3.63, 3.8) is 0 Å². The van der Waals surface area contributed by atoms with Crippen molar-refractivity contribution in [1.82, 2.24) is 5.32 Å². The standard InChI is InChI=1S/C11H17NO2/c1-3-6-10(13)8-5-9-12-11(14)7-4-2/h3-4,6-7H,5,8-9H2,1-2H3,(H,12,14)/b6-3+,7-4+. The third-order valence-electron chi connectivity index (χ3n) is 1.57. The first-order valence-corrected chi connectivity index (χ1v) is 4.76. The Morgan fingerprint density at radius 2 is 1.79 bits per heavy atom. The zero-order chi connectivity index (χ0) is 10.8. The highest BCUT2D eigenvalue weighted by Crippen LogP contribution is 1.91. The van der Waals surface area contributed by atoms with Crippen LogP contribution in [0, 0.1) is 0 Å². The van der Waals surface area contributed by atoms with Gasteiger partial charge in [0.25, 0.3) is 0 Å². The quantitative estimate of drug-likeness (QED) is 0.517. The largest absolute Gasteiger partial charge is 0.353 e. The van der Waals surface area contributed by atoms with Crippen molar-refractivity contribution in [2.45, 2.75) is 26.7 Å². The normalized spacial score (nSPS) is 11.0. The number of rotatable bonds is 6. The minimum absolute atomic E-state index is 0.104. The first-order valence-electron chi connectivity index (χ1n) is 4.76. The third-order valence-corrected chi connectivity index (χ3v) is 1.57. The topological polar surface area (TPSA) is 46.2 Å². The van der Waals surface area contributed by atoms with Gasteiger partial charge in [-0.2, -0.15) is 0 Å². The molecule has 14 heavy (non-hydrogen) atoms. The van der Waals surface area contributed by atoms with Gasteiger partial charge in [-0.1, -0.05) is 12.2 Å². The second kappa shape index (κ2) is 8.23. The molecule has 0 bridgehead atoms. The Morgan fingerprint density at radius 1 is 1.14 bits per heavy atom. The summed E-state index contributed by atoms with van der Waals surface area (Å²) in [4.78, 5) is 21.9. The van der Waals surface area contributed by atoms with E-state index in [9.17, 15) is 9.59 Å². The molecule has 3 nitrogen and oxygen atoms in total. The molecule has 1 amide bonds. The van der Waals surface area contributed by atoms with E-state index in [1.807, 2.05) is 6.92 Å². The maximum atomic E-state index is 11.0. The molecule has 78 valence electrons. The molecule has 0 saturated heterocycles. The lowest BCUT2D eigenvalue weighted by Crippen LogP contribution is -2.22. The van der Waals surface area contributed by atoms with Gasteiger partial charge in [-0.05, 0) is 32.4 Å². The number of hydrogen-bond donors (Lipinski definition) is 1. The second-order valence-electron chi connectivity index (χ2n) is 2.86. The molecule has 0 aromatic heterocycles. The molecule has 1 N–H and O–H groups in total. The predicted molar refractivity (Wildman–Crippen MR) is 56.9 cm³/mol. The summed E-state index contributed by atoms with van der Waals surface area (Å²) in [7, 11) is 0. The molecule has 0 saturated carbocycles. The first-order chi connectivity index (χ1) is 6.70. The van der Waals surface area contributed by atoms with E-state index in [0.717, 1.165) is 0 Å². The molecular formula is C11H17NO2. The molecule has 0 radical (unpaired) electrons. The molecule has 0 rings (SSSR count). The number of hydrogen-bond acceptors (Lipinski definition) is 2. The zero-order valence-corrected chi connectivity index (χ0v) is 8.75. The van der Waals surface area contributed by atoms with Crippen molar-refractivity contribution in [2.24, 2.45) is 0 Å². The fourth-order valence-corrected chi connectivity index (χ4v) is 0.954. The Bertz CT molecular complexity index is 216. The van der Waals surface area contributed by atoms with Gasteiger partial charge in [-0.25, -0.2) is 0 Å². The number of amides is 1. The first kappa shape index (κ1) is 12.6. The fourth-order valence-electron chi connectivity index (χ4n) is 0.954. The summed E-state index contributed by atoms with van der Waals surface area (Å²) in [6, 6.07) is 0. The van der Waals surface area contributed by atoms with E-state index in [4.69, 9.17) is 0 Å². The molecule has 0 spiro atoms. The van der Waals surface area contributed by atoms with E-state index in [1.165, 1.54) is 6.08 Å². The maximum Gasteiger partial charge on any atom is 0.243 e. The number of carbonyl (C=O) groups is 2. The second-order valence-corrected chi connectivity index (χ2v) is 2.86. The smallest absolute Gasteiger partial charge is 0.243 e. The van der Waals surface area contributed by atoms with Crippen molar-refractivity contribution in [1.29, 1.82) is 0 Å².